The molecule has 1 aromatic carbocycles. The van der Waals surface area contributed by atoms with Gasteiger partial charge in [-0.15, -0.1) is 11.3 Å². The predicted molar refractivity (Wildman–Crippen MR) is 111 cm³/mol. The third-order valence-corrected chi connectivity index (χ3v) is 5.42. The van der Waals surface area contributed by atoms with E-state index in [2.05, 4.69) is 64.0 Å². The number of hydrogen-bond donors (Lipinski definition) is 2. The maximum absolute atomic E-state index is 4.78. The van der Waals surface area contributed by atoms with Crippen molar-refractivity contribution in [3.8, 4) is 0 Å². The Morgan fingerprint density at radius 3 is 2.69 bits per heavy atom. The molecule has 0 bridgehead atoms. The van der Waals surface area contributed by atoms with Gasteiger partial charge < -0.3 is 15.5 Å². The lowest BCUT2D eigenvalue weighted by Gasteiger charge is -2.12. The molecule has 0 atom stereocenters. The molecule has 1 aliphatic heterocycles. The molecule has 0 saturated carbocycles. The van der Waals surface area contributed by atoms with Crippen LogP contribution in [-0.2, 0) is 13.0 Å². The second kappa shape index (κ2) is 9.57. The summed E-state index contributed by atoms with van der Waals surface area (Å²) in [5.74, 6) is 0.864. The average Bonchev–Trinajstić information content (AvgIpc) is 3.32. The molecule has 2 N–H and O–H groups in total. The normalized spacial score (nSPS) is 14.7. The number of guanidine groups is 1. The van der Waals surface area contributed by atoms with Gasteiger partial charge in [0.15, 0.2) is 11.1 Å². The molecule has 2 aromatic rings. The Morgan fingerprint density at radius 2 is 1.96 bits per heavy atom. The van der Waals surface area contributed by atoms with Gasteiger partial charge in [-0.25, -0.2) is 9.98 Å². The van der Waals surface area contributed by atoms with Crippen molar-refractivity contribution in [3.63, 3.8) is 0 Å². The summed E-state index contributed by atoms with van der Waals surface area (Å²) < 4.78 is 0. The molecule has 5 nitrogen and oxygen atoms in total. The minimum Gasteiger partial charge on any atom is -0.357 e. The molecule has 3 rings (SSSR count). The van der Waals surface area contributed by atoms with E-state index >= 15 is 0 Å². The molecular weight excluding hydrogens is 342 g/mol. The highest BCUT2D eigenvalue weighted by Crippen LogP contribution is 2.24. The van der Waals surface area contributed by atoms with E-state index in [1.54, 1.807) is 11.3 Å². The second-order valence-electron chi connectivity index (χ2n) is 6.67. The fourth-order valence-corrected chi connectivity index (χ4v) is 3.89. The van der Waals surface area contributed by atoms with Crippen molar-refractivity contribution in [2.75, 3.05) is 31.1 Å². The van der Waals surface area contributed by atoms with Crippen LogP contribution in [0.15, 0.2) is 34.6 Å². The Hall–Kier alpha value is -2.08. The summed E-state index contributed by atoms with van der Waals surface area (Å²) in [5.41, 5.74) is 3.67. The average molecular weight is 372 g/mol. The van der Waals surface area contributed by atoms with Crippen molar-refractivity contribution in [3.05, 3.63) is 46.5 Å². The lowest BCUT2D eigenvalue weighted by molar-refractivity contribution is 0.789. The first-order valence-corrected chi connectivity index (χ1v) is 10.4. The smallest absolute Gasteiger partial charge is 0.191 e. The minimum absolute atomic E-state index is 0.686. The Kier molecular flexibility index (Phi) is 6.89. The van der Waals surface area contributed by atoms with Crippen molar-refractivity contribution >= 4 is 22.4 Å². The Bertz CT molecular complexity index is 701. The maximum atomic E-state index is 4.78. The van der Waals surface area contributed by atoms with Gasteiger partial charge in [0, 0.05) is 38.0 Å². The largest absolute Gasteiger partial charge is 0.357 e. The lowest BCUT2D eigenvalue weighted by Crippen LogP contribution is -2.38. The predicted octanol–water partition coefficient (Wildman–Crippen LogP) is 3.35. The van der Waals surface area contributed by atoms with Crippen LogP contribution < -0.4 is 15.5 Å². The second-order valence-corrected chi connectivity index (χ2v) is 7.51. The van der Waals surface area contributed by atoms with Gasteiger partial charge >= 0.3 is 0 Å². The van der Waals surface area contributed by atoms with Gasteiger partial charge in [0.05, 0.1) is 12.2 Å². The summed E-state index contributed by atoms with van der Waals surface area (Å²) in [6.07, 6.45) is 3.50. The number of anilines is 1. The first-order chi connectivity index (χ1) is 12.7. The summed E-state index contributed by atoms with van der Waals surface area (Å²) in [6.45, 7) is 8.88. The molecule has 0 unspecified atom stereocenters. The van der Waals surface area contributed by atoms with E-state index in [0.29, 0.717) is 6.54 Å². The van der Waals surface area contributed by atoms with E-state index in [-0.39, 0.29) is 0 Å². The van der Waals surface area contributed by atoms with Crippen molar-refractivity contribution in [1.82, 2.24) is 15.6 Å². The summed E-state index contributed by atoms with van der Waals surface area (Å²) >= 11 is 1.77. The first-order valence-electron chi connectivity index (χ1n) is 9.51. The number of aryl methyl sites for hydroxylation is 1. The van der Waals surface area contributed by atoms with Gasteiger partial charge in [0.2, 0.25) is 0 Å². The molecule has 1 aromatic heterocycles. The van der Waals surface area contributed by atoms with Crippen LogP contribution in [0.2, 0.25) is 0 Å². The summed E-state index contributed by atoms with van der Waals surface area (Å²) in [4.78, 5) is 11.9. The third-order valence-electron chi connectivity index (χ3n) is 4.47. The summed E-state index contributed by atoms with van der Waals surface area (Å²) in [6, 6.07) is 8.53. The molecule has 1 aliphatic rings. The number of rotatable bonds is 7. The van der Waals surface area contributed by atoms with Gasteiger partial charge in [-0.05, 0) is 32.3 Å². The first kappa shape index (κ1) is 18.7. The highest BCUT2D eigenvalue weighted by molar-refractivity contribution is 7.13. The lowest BCUT2D eigenvalue weighted by atomic mass is 10.1. The number of aromatic nitrogens is 1. The molecule has 6 heteroatoms. The SMILES string of the molecule is CCNC(=NCc1ccc(C)cc1)NCCc1csc(N2CCCC2)n1. The monoisotopic (exact) mass is 371 g/mol. The number of hydrogen-bond acceptors (Lipinski definition) is 4. The van der Waals surface area contributed by atoms with Crippen LogP contribution in [0.5, 0.6) is 0 Å². The Morgan fingerprint density at radius 1 is 1.19 bits per heavy atom. The van der Waals surface area contributed by atoms with Crippen LogP contribution in [0.3, 0.4) is 0 Å². The Labute approximate surface area is 160 Å². The molecule has 26 heavy (non-hydrogen) atoms. The molecular formula is C20H29N5S. The number of nitrogens with zero attached hydrogens (tertiary/aromatic N) is 3. The molecule has 1 saturated heterocycles. The standard InChI is InChI=1S/C20H29N5S/c1-3-21-19(23-14-17-8-6-16(2)7-9-17)22-11-10-18-15-26-20(24-18)25-12-4-5-13-25/h6-9,15H,3-5,10-14H2,1-2H3,(H2,21,22,23). The van der Waals surface area contributed by atoms with E-state index < -0.39 is 0 Å². The molecule has 1 fully saturated rings. The van der Waals surface area contributed by atoms with Gasteiger partial charge in [0.1, 0.15) is 0 Å². The number of nitrogens with one attached hydrogen (secondary N) is 2. The minimum atomic E-state index is 0.686. The fourth-order valence-electron chi connectivity index (χ4n) is 2.98. The number of benzene rings is 1. The van der Waals surface area contributed by atoms with E-state index in [1.165, 1.54) is 34.8 Å². The number of aliphatic imine (C=N–C) groups is 1. The molecule has 0 aliphatic carbocycles. The fraction of sp³-hybridized carbons (Fsp3) is 0.500. The van der Waals surface area contributed by atoms with E-state index in [0.717, 1.165) is 38.6 Å². The van der Waals surface area contributed by atoms with E-state index in [1.807, 2.05) is 0 Å². The molecule has 140 valence electrons. The van der Waals surface area contributed by atoms with Gasteiger partial charge in [-0.1, -0.05) is 29.8 Å². The maximum Gasteiger partial charge on any atom is 0.191 e. The molecule has 0 spiro atoms. The zero-order chi connectivity index (χ0) is 18.2. The van der Waals surface area contributed by atoms with Gasteiger partial charge in [0.25, 0.3) is 0 Å². The van der Waals surface area contributed by atoms with Crippen molar-refractivity contribution < 1.29 is 0 Å². The molecule has 0 radical (unpaired) electrons. The summed E-state index contributed by atoms with van der Waals surface area (Å²) in [5, 5.41) is 10.1. The topological polar surface area (TPSA) is 52.6 Å². The van der Waals surface area contributed by atoms with Crippen LogP contribution in [0.4, 0.5) is 5.13 Å². The Balaban J connectivity index is 1.48. The van der Waals surface area contributed by atoms with Crippen LogP contribution in [-0.4, -0.2) is 37.1 Å². The summed E-state index contributed by atoms with van der Waals surface area (Å²) in [7, 11) is 0. The van der Waals surface area contributed by atoms with Crippen LogP contribution >= 0.6 is 11.3 Å². The van der Waals surface area contributed by atoms with Crippen molar-refractivity contribution in [2.24, 2.45) is 4.99 Å². The van der Waals surface area contributed by atoms with Crippen LogP contribution in [0, 0.1) is 6.92 Å². The van der Waals surface area contributed by atoms with Crippen molar-refractivity contribution in [1.29, 1.82) is 0 Å². The van der Waals surface area contributed by atoms with E-state index in [9.17, 15) is 0 Å². The third kappa shape index (κ3) is 5.46. The molecule has 2 heterocycles. The van der Waals surface area contributed by atoms with Crippen LogP contribution in [0.1, 0.15) is 36.6 Å². The zero-order valence-electron chi connectivity index (χ0n) is 15.8. The van der Waals surface area contributed by atoms with Crippen molar-refractivity contribution in [2.45, 2.75) is 39.7 Å². The van der Waals surface area contributed by atoms with E-state index in [4.69, 9.17) is 4.98 Å². The van der Waals surface area contributed by atoms with Gasteiger partial charge in [-0.2, -0.15) is 0 Å². The number of thiazole rings is 1. The molecule has 0 amide bonds. The quantitative estimate of drug-likeness (QED) is 0.579. The highest BCUT2D eigenvalue weighted by Gasteiger charge is 2.15. The zero-order valence-corrected chi connectivity index (χ0v) is 16.6. The van der Waals surface area contributed by atoms with Crippen LogP contribution in [0.25, 0.3) is 0 Å². The van der Waals surface area contributed by atoms with Gasteiger partial charge in [-0.3, -0.25) is 0 Å². The highest BCUT2D eigenvalue weighted by atomic mass is 32.1.